The minimum Gasteiger partial charge on any atom is -0.382 e. The van der Waals surface area contributed by atoms with Crippen LogP contribution in [0.15, 0.2) is 12.1 Å². The third-order valence-corrected chi connectivity index (χ3v) is 1.95. The molecular formula is C8H9F3N4O3. The molecule has 0 aliphatic carbocycles. The highest BCUT2D eigenvalue weighted by atomic mass is 19.4. The zero-order valence-electron chi connectivity index (χ0n) is 8.81. The zero-order valence-corrected chi connectivity index (χ0v) is 8.81. The fourth-order valence-corrected chi connectivity index (χ4v) is 1.04. The number of nitrogens with two attached hydrogens (primary N) is 1. The molecule has 18 heavy (non-hydrogen) atoms. The van der Waals surface area contributed by atoms with Gasteiger partial charge in [-0.1, -0.05) is 0 Å². The van der Waals surface area contributed by atoms with Crippen molar-refractivity contribution < 1.29 is 23.2 Å². The SMILES string of the molecule is Nc1nc(NCC(O)C(F)(F)F)ccc1[N+](=O)[O-]. The Balaban J connectivity index is 2.70. The van der Waals surface area contributed by atoms with Crippen LogP contribution in [0.3, 0.4) is 0 Å². The van der Waals surface area contributed by atoms with Crippen LogP contribution in [0.2, 0.25) is 0 Å². The number of hydrogen-bond acceptors (Lipinski definition) is 6. The average Bonchev–Trinajstić information content (AvgIpc) is 2.24. The second kappa shape index (κ2) is 5.04. The predicted octanol–water partition coefficient (Wildman–Crippen LogP) is 0.907. The third-order valence-electron chi connectivity index (χ3n) is 1.95. The van der Waals surface area contributed by atoms with Gasteiger partial charge < -0.3 is 16.2 Å². The van der Waals surface area contributed by atoms with E-state index in [9.17, 15) is 23.3 Å². The zero-order chi connectivity index (χ0) is 13.9. The van der Waals surface area contributed by atoms with Gasteiger partial charge in [-0.2, -0.15) is 13.2 Å². The molecule has 7 nitrogen and oxygen atoms in total. The summed E-state index contributed by atoms with van der Waals surface area (Å²) in [4.78, 5) is 13.1. The van der Waals surface area contributed by atoms with Crippen LogP contribution in [0.5, 0.6) is 0 Å². The lowest BCUT2D eigenvalue weighted by atomic mass is 10.3. The molecule has 1 atom stereocenters. The summed E-state index contributed by atoms with van der Waals surface area (Å²) in [5.41, 5.74) is 4.79. The van der Waals surface area contributed by atoms with Gasteiger partial charge in [0.25, 0.3) is 0 Å². The van der Waals surface area contributed by atoms with E-state index in [1.807, 2.05) is 0 Å². The van der Waals surface area contributed by atoms with Gasteiger partial charge in [-0.3, -0.25) is 10.1 Å². The Hall–Kier alpha value is -2.10. The number of aromatic nitrogens is 1. The van der Waals surface area contributed by atoms with Gasteiger partial charge in [0.2, 0.25) is 5.82 Å². The maximum Gasteiger partial charge on any atom is 0.416 e. The molecule has 0 bridgehead atoms. The summed E-state index contributed by atoms with van der Waals surface area (Å²) in [7, 11) is 0. The van der Waals surface area contributed by atoms with E-state index in [1.165, 1.54) is 0 Å². The van der Waals surface area contributed by atoms with Crippen LogP contribution in [0.1, 0.15) is 0 Å². The van der Waals surface area contributed by atoms with Gasteiger partial charge in [-0.15, -0.1) is 0 Å². The summed E-state index contributed by atoms with van der Waals surface area (Å²) in [5, 5.41) is 21.3. The first-order chi connectivity index (χ1) is 8.21. The molecule has 0 amide bonds. The van der Waals surface area contributed by atoms with E-state index in [0.29, 0.717) is 0 Å². The van der Waals surface area contributed by atoms with Crippen LogP contribution < -0.4 is 11.1 Å². The number of pyridine rings is 1. The number of aliphatic hydroxyl groups is 1. The van der Waals surface area contributed by atoms with Crippen molar-refractivity contribution in [3.8, 4) is 0 Å². The number of alkyl halides is 3. The molecule has 0 saturated heterocycles. The van der Waals surface area contributed by atoms with Gasteiger partial charge in [0, 0.05) is 6.07 Å². The van der Waals surface area contributed by atoms with Crippen LogP contribution in [-0.2, 0) is 0 Å². The first kappa shape index (κ1) is 14.0. The van der Waals surface area contributed by atoms with Crippen LogP contribution in [0, 0.1) is 10.1 Å². The molecule has 100 valence electrons. The van der Waals surface area contributed by atoms with Crippen LogP contribution in [-0.4, -0.2) is 33.8 Å². The molecule has 10 heteroatoms. The molecule has 4 N–H and O–H groups in total. The van der Waals surface area contributed by atoms with E-state index >= 15 is 0 Å². The highest BCUT2D eigenvalue weighted by molar-refractivity contribution is 5.57. The lowest BCUT2D eigenvalue weighted by Gasteiger charge is -2.15. The number of nitrogen functional groups attached to an aromatic ring is 1. The van der Waals surface area contributed by atoms with E-state index in [4.69, 9.17) is 10.8 Å². The fraction of sp³-hybridized carbons (Fsp3) is 0.375. The minimum atomic E-state index is -4.75. The molecule has 0 saturated carbocycles. The van der Waals surface area contributed by atoms with Crippen LogP contribution in [0.25, 0.3) is 0 Å². The second-order valence-corrected chi connectivity index (χ2v) is 3.30. The molecule has 1 heterocycles. The molecule has 0 fully saturated rings. The number of nitro groups is 1. The Morgan fingerprint density at radius 3 is 2.61 bits per heavy atom. The van der Waals surface area contributed by atoms with Crippen molar-refractivity contribution in [2.24, 2.45) is 0 Å². The summed E-state index contributed by atoms with van der Waals surface area (Å²) < 4.78 is 35.9. The van der Waals surface area contributed by atoms with Crippen LogP contribution in [0.4, 0.5) is 30.5 Å². The number of halogens is 3. The van der Waals surface area contributed by atoms with Gasteiger partial charge >= 0.3 is 11.9 Å². The summed E-state index contributed by atoms with van der Waals surface area (Å²) in [6, 6.07) is 2.10. The molecule has 0 aliphatic rings. The largest absolute Gasteiger partial charge is 0.416 e. The average molecular weight is 266 g/mol. The van der Waals surface area contributed by atoms with Crippen molar-refractivity contribution in [1.29, 1.82) is 0 Å². The Kier molecular flexibility index (Phi) is 3.91. The van der Waals surface area contributed by atoms with Gasteiger partial charge in [0.05, 0.1) is 11.5 Å². The molecule has 1 aromatic rings. The maximum atomic E-state index is 12.0. The number of nitrogens with zero attached hydrogens (tertiary/aromatic N) is 2. The Morgan fingerprint density at radius 2 is 2.17 bits per heavy atom. The van der Waals surface area contributed by atoms with Crippen LogP contribution >= 0.6 is 0 Å². The van der Waals surface area contributed by atoms with E-state index in [0.717, 1.165) is 12.1 Å². The van der Waals surface area contributed by atoms with Crippen molar-refractivity contribution in [3.63, 3.8) is 0 Å². The van der Waals surface area contributed by atoms with Crippen molar-refractivity contribution in [3.05, 3.63) is 22.2 Å². The number of rotatable bonds is 4. The standard InChI is InChI=1S/C8H9F3N4O3/c9-8(10,11)5(16)3-13-6-2-1-4(15(17)18)7(12)14-6/h1-2,5,16H,3H2,(H3,12,13,14). The molecule has 1 unspecified atom stereocenters. The number of nitrogens with one attached hydrogen (secondary N) is 1. The molecule has 0 aliphatic heterocycles. The van der Waals surface area contributed by atoms with E-state index in [1.54, 1.807) is 0 Å². The first-order valence-electron chi connectivity index (χ1n) is 4.61. The number of anilines is 2. The minimum absolute atomic E-state index is 0.0959. The van der Waals surface area contributed by atoms with E-state index in [2.05, 4.69) is 10.3 Å². The quantitative estimate of drug-likeness (QED) is 0.551. The first-order valence-corrected chi connectivity index (χ1v) is 4.61. The topological polar surface area (TPSA) is 114 Å². The molecule has 1 rings (SSSR count). The molecule has 0 aromatic carbocycles. The monoisotopic (exact) mass is 266 g/mol. The van der Waals surface area contributed by atoms with Crippen molar-refractivity contribution in [2.75, 3.05) is 17.6 Å². The predicted molar refractivity (Wildman–Crippen MR) is 55.9 cm³/mol. The Bertz CT molecular complexity index is 452. The second-order valence-electron chi connectivity index (χ2n) is 3.30. The maximum absolute atomic E-state index is 12.0. The van der Waals surface area contributed by atoms with E-state index < -0.39 is 35.3 Å². The Labute approximate surface area is 98.6 Å². The summed E-state index contributed by atoms with van der Waals surface area (Å²) >= 11 is 0. The fourth-order valence-electron chi connectivity index (χ4n) is 1.04. The summed E-state index contributed by atoms with van der Waals surface area (Å²) in [6.45, 7) is -0.826. The normalized spacial score (nSPS) is 13.1. The smallest absolute Gasteiger partial charge is 0.382 e. The van der Waals surface area contributed by atoms with Gasteiger partial charge in [0.1, 0.15) is 5.82 Å². The molecular weight excluding hydrogens is 257 g/mol. The van der Waals surface area contributed by atoms with Crippen molar-refractivity contribution >= 4 is 17.3 Å². The lowest BCUT2D eigenvalue weighted by Crippen LogP contribution is -2.35. The Morgan fingerprint density at radius 1 is 1.56 bits per heavy atom. The van der Waals surface area contributed by atoms with Gasteiger partial charge in [-0.25, -0.2) is 4.98 Å². The summed E-state index contributed by atoms with van der Waals surface area (Å²) in [5.74, 6) is -0.520. The molecule has 0 radical (unpaired) electrons. The van der Waals surface area contributed by atoms with E-state index in [-0.39, 0.29) is 5.82 Å². The van der Waals surface area contributed by atoms with Gasteiger partial charge in [-0.05, 0) is 6.07 Å². The summed E-state index contributed by atoms with van der Waals surface area (Å²) in [6.07, 6.45) is -7.31. The number of hydrogen-bond donors (Lipinski definition) is 3. The highest BCUT2D eigenvalue weighted by Crippen LogP contribution is 2.22. The van der Waals surface area contributed by atoms with Crippen molar-refractivity contribution in [2.45, 2.75) is 12.3 Å². The molecule has 0 spiro atoms. The highest BCUT2D eigenvalue weighted by Gasteiger charge is 2.37. The molecule has 1 aromatic heterocycles. The van der Waals surface area contributed by atoms with Gasteiger partial charge in [0.15, 0.2) is 6.10 Å². The van der Waals surface area contributed by atoms with Crippen molar-refractivity contribution in [1.82, 2.24) is 4.98 Å². The third kappa shape index (κ3) is 3.45. The lowest BCUT2D eigenvalue weighted by molar-refractivity contribution is -0.384. The number of aliphatic hydroxyl groups excluding tert-OH is 1.